The predicted octanol–water partition coefficient (Wildman–Crippen LogP) is 4.72. The van der Waals surface area contributed by atoms with Gasteiger partial charge in [-0.3, -0.25) is 4.98 Å². The van der Waals surface area contributed by atoms with Crippen molar-refractivity contribution in [3.63, 3.8) is 0 Å². The fraction of sp³-hybridized carbons (Fsp3) is 0.208. The Morgan fingerprint density at radius 1 is 0.973 bits per heavy atom. The lowest BCUT2D eigenvalue weighted by atomic mass is 9.99. The van der Waals surface area contributed by atoms with E-state index in [-0.39, 0.29) is 29.5 Å². The molecule has 4 rings (SSSR count). The standard InChI is InChI=1S/C24H20F6N6O/c1-37-16-7-5-14(6-8-16)12-22(31)13-20(33-15-9-10-32-19(11-15)24(28,29)30)35-21(36-22)17-3-2-4-18(34-17)23(25,26)27/h2-11,13H,12,31H2,1H3,(H,32,33)(H,35,36). The molecule has 0 saturated carbocycles. The maximum atomic E-state index is 13.3. The van der Waals surface area contributed by atoms with Gasteiger partial charge in [-0.05, 0) is 48.0 Å². The van der Waals surface area contributed by atoms with Crippen LogP contribution >= 0.6 is 0 Å². The minimum absolute atomic E-state index is 0.0196. The number of hydrogen-bond acceptors (Lipinski definition) is 7. The summed E-state index contributed by atoms with van der Waals surface area (Å²) in [5.74, 6) is 0.602. The molecule has 194 valence electrons. The predicted molar refractivity (Wildman–Crippen MR) is 123 cm³/mol. The first-order chi connectivity index (χ1) is 17.3. The van der Waals surface area contributed by atoms with Gasteiger partial charge in [-0.25, -0.2) is 9.98 Å². The molecule has 0 radical (unpaired) electrons. The molecule has 2 aromatic heterocycles. The summed E-state index contributed by atoms with van der Waals surface area (Å²) in [6, 6.07) is 12.3. The first kappa shape index (κ1) is 25.9. The van der Waals surface area contributed by atoms with Crippen LogP contribution < -0.4 is 21.1 Å². The Balaban J connectivity index is 1.71. The minimum Gasteiger partial charge on any atom is -0.497 e. The molecule has 37 heavy (non-hydrogen) atoms. The summed E-state index contributed by atoms with van der Waals surface area (Å²) < 4.78 is 84.2. The van der Waals surface area contributed by atoms with Crippen molar-refractivity contribution >= 4 is 11.5 Å². The summed E-state index contributed by atoms with van der Waals surface area (Å²) in [4.78, 5) is 11.4. The summed E-state index contributed by atoms with van der Waals surface area (Å²) in [5.41, 5.74) is 3.37. The zero-order valence-corrected chi connectivity index (χ0v) is 19.2. The lowest BCUT2D eigenvalue weighted by Crippen LogP contribution is -2.47. The van der Waals surface area contributed by atoms with Crippen LogP contribution in [0.1, 0.15) is 22.6 Å². The second-order valence-electron chi connectivity index (χ2n) is 8.12. The Morgan fingerprint density at radius 2 is 1.68 bits per heavy atom. The first-order valence-corrected chi connectivity index (χ1v) is 10.7. The molecule has 4 N–H and O–H groups in total. The van der Waals surface area contributed by atoms with Gasteiger partial charge in [0.2, 0.25) is 0 Å². The molecule has 3 aromatic rings. The molecule has 1 aliphatic heterocycles. The Bertz CT molecular complexity index is 1340. The Morgan fingerprint density at radius 3 is 2.32 bits per heavy atom. The average molecular weight is 522 g/mol. The van der Waals surface area contributed by atoms with Crippen molar-refractivity contribution in [1.29, 1.82) is 0 Å². The van der Waals surface area contributed by atoms with E-state index in [1.54, 1.807) is 24.3 Å². The van der Waals surface area contributed by atoms with Crippen molar-refractivity contribution in [2.24, 2.45) is 10.7 Å². The molecule has 0 bridgehead atoms. The van der Waals surface area contributed by atoms with Crippen LogP contribution in [0.4, 0.5) is 32.0 Å². The summed E-state index contributed by atoms with van der Waals surface area (Å²) >= 11 is 0. The van der Waals surface area contributed by atoms with Gasteiger partial charge in [0.1, 0.15) is 34.3 Å². The molecule has 0 saturated heterocycles. The third-order valence-corrected chi connectivity index (χ3v) is 5.23. The number of methoxy groups -OCH3 is 1. The molecule has 0 fully saturated rings. The number of aliphatic imine (C=N–C) groups is 1. The number of hydrogen-bond donors (Lipinski definition) is 3. The first-order valence-electron chi connectivity index (χ1n) is 10.7. The van der Waals surface area contributed by atoms with E-state index in [9.17, 15) is 26.3 Å². The number of amidine groups is 1. The van der Waals surface area contributed by atoms with Gasteiger partial charge >= 0.3 is 12.4 Å². The maximum absolute atomic E-state index is 13.3. The van der Waals surface area contributed by atoms with Crippen molar-refractivity contribution < 1.29 is 31.1 Å². The molecular weight excluding hydrogens is 502 g/mol. The van der Waals surface area contributed by atoms with E-state index < -0.39 is 29.4 Å². The van der Waals surface area contributed by atoms with E-state index >= 15 is 0 Å². The number of aromatic nitrogens is 2. The minimum atomic E-state index is -4.70. The summed E-state index contributed by atoms with van der Waals surface area (Å²) in [5, 5.41) is 5.56. The van der Waals surface area contributed by atoms with Gasteiger partial charge in [0, 0.05) is 18.3 Å². The number of alkyl halides is 6. The summed E-state index contributed by atoms with van der Waals surface area (Å²) in [6.45, 7) is 0. The van der Waals surface area contributed by atoms with Gasteiger partial charge in [-0.1, -0.05) is 18.2 Å². The van der Waals surface area contributed by atoms with E-state index in [0.29, 0.717) is 5.75 Å². The zero-order valence-electron chi connectivity index (χ0n) is 19.2. The van der Waals surface area contributed by atoms with E-state index in [1.807, 2.05) is 0 Å². The van der Waals surface area contributed by atoms with Crippen LogP contribution in [-0.4, -0.2) is 28.6 Å². The van der Waals surface area contributed by atoms with Gasteiger partial charge in [0.15, 0.2) is 5.84 Å². The number of halogens is 6. The lowest BCUT2D eigenvalue weighted by Gasteiger charge is -2.30. The molecule has 1 aromatic carbocycles. The Kier molecular flexibility index (Phi) is 6.82. The van der Waals surface area contributed by atoms with Gasteiger partial charge in [0.05, 0.1) is 7.11 Å². The van der Waals surface area contributed by atoms with Gasteiger partial charge in [-0.2, -0.15) is 26.3 Å². The van der Waals surface area contributed by atoms with Crippen molar-refractivity contribution in [1.82, 2.24) is 15.3 Å². The normalized spacial score (nSPS) is 17.9. The highest BCUT2D eigenvalue weighted by Crippen LogP contribution is 2.30. The number of anilines is 1. The molecular formula is C24H20F6N6O. The van der Waals surface area contributed by atoms with Crippen LogP contribution in [0.5, 0.6) is 5.75 Å². The van der Waals surface area contributed by atoms with E-state index in [0.717, 1.165) is 23.9 Å². The molecule has 3 heterocycles. The maximum Gasteiger partial charge on any atom is 0.433 e. The van der Waals surface area contributed by atoms with Gasteiger partial charge < -0.3 is 21.1 Å². The number of nitrogens with zero attached hydrogens (tertiary/aromatic N) is 3. The number of rotatable bonds is 6. The topological polar surface area (TPSA) is 97.5 Å². The number of benzene rings is 1. The molecule has 0 amide bonds. The van der Waals surface area contributed by atoms with Crippen LogP contribution in [-0.2, 0) is 18.8 Å². The zero-order chi connectivity index (χ0) is 26.8. The SMILES string of the molecule is COc1ccc(CC2(N)C=C(Nc3ccnc(C(F)(F)F)c3)NC(c3cccc(C(F)(F)F)n3)=N2)cc1. The Labute approximate surface area is 207 Å². The van der Waals surface area contributed by atoms with Crippen LogP contribution in [0.2, 0.25) is 0 Å². The fourth-order valence-electron chi connectivity index (χ4n) is 3.57. The summed E-state index contributed by atoms with van der Waals surface area (Å²) in [6.07, 6.45) is -6.85. The molecule has 0 aliphatic carbocycles. The number of ether oxygens (including phenoxy) is 1. The molecule has 0 spiro atoms. The van der Waals surface area contributed by atoms with E-state index in [4.69, 9.17) is 10.5 Å². The van der Waals surface area contributed by atoms with E-state index in [2.05, 4.69) is 25.6 Å². The van der Waals surface area contributed by atoms with Crippen molar-refractivity contribution in [3.05, 3.63) is 95.3 Å². The monoisotopic (exact) mass is 522 g/mol. The number of nitrogens with two attached hydrogens (primary N) is 1. The van der Waals surface area contributed by atoms with E-state index in [1.165, 1.54) is 31.4 Å². The third-order valence-electron chi connectivity index (χ3n) is 5.23. The van der Waals surface area contributed by atoms with Crippen LogP contribution in [0.3, 0.4) is 0 Å². The summed E-state index contributed by atoms with van der Waals surface area (Å²) in [7, 11) is 1.51. The Hall–Kier alpha value is -4.13. The van der Waals surface area contributed by atoms with Crippen LogP contribution in [0, 0.1) is 0 Å². The average Bonchev–Trinajstić information content (AvgIpc) is 2.83. The third kappa shape index (κ3) is 6.36. The molecule has 7 nitrogen and oxygen atoms in total. The smallest absolute Gasteiger partial charge is 0.433 e. The van der Waals surface area contributed by atoms with Crippen LogP contribution in [0.15, 0.2) is 77.7 Å². The largest absolute Gasteiger partial charge is 0.497 e. The van der Waals surface area contributed by atoms with Crippen molar-refractivity contribution in [2.75, 3.05) is 12.4 Å². The second kappa shape index (κ2) is 9.73. The highest BCUT2D eigenvalue weighted by atomic mass is 19.4. The lowest BCUT2D eigenvalue weighted by molar-refractivity contribution is -0.141. The second-order valence-corrected chi connectivity index (χ2v) is 8.12. The van der Waals surface area contributed by atoms with Gasteiger partial charge in [-0.15, -0.1) is 0 Å². The number of nitrogens with one attached hydrogen (secondary N) is 2. The van der Waals surface area contributed by atoms with Crippen LogP contribution in [0.25, 0.3) is 0 Å². The molecule has 1 atom stereocenters. The van der Waals surface area contributed by atoms with Gasteiger partial charge in [0.25, 0.3) is 0 Å². The molecule has 13 heteroatoms. The molecule has 1 aliphatic rings. The highest BCUT2D eigenvalue weighted by molar-refractivity contribution is 5.99. The van der Waals surface area contributed by atoms with Crippen molar-refractivity contribution in [2.45, 2.75) is 24.4 Å². The fourth-order valence-corrected chi connectivity index (χ4v) is 3.57. The molecule has 1 unspecified atom stereocenters. The van der Waals surface area contributed by atoms with Crippen molar-refractivity contribution in [3.8, 4) is 5.75 Å². The highest BCUT2D eigenvalue weighted by Gasteiger charge is 2.35. The number of pyridine rings is 2. The quantitative estimate of drug-likeness (QED) is 0.406.